The maximum Gasteiger partial charge on any atom is 0.224 e. The van der Waals surface area contributed by atoms with E-state index >= 15 is 0 Å². The molecule has 0 aromatic carbocycles. The van der Waals surface area contributed by atoms with Gasteiger partial charge in [-0.05, 0) is 31.6 Å². The summed E-state index contributed by atoms with van der Waals surface area (Å²) in [4.78, 5) is 8.84. The van der Waals surface area contributed by atoms with Crippen molar-refractivity contribution in [1.29, 1.82) is 0 Å². The van der Waals surface area contributed by atoms with E-state index < -0.39 is 0 Å². The lowest BCUT2D eigenvalue weighted by Gasteiger charge is -2.35. The Balaban J connectivity index is 2.12. The van der Waals surface area contributed by atoms with Crippen molar-refractivity contribution in [3.8, 4) is 0 Å². The monoisotopic (exact) mass is 262 g/mol. The van der Waals surface area contributed by atoms with Crippen molar-refractivity contribution in [2.45, 2.75) is 52.5 Å². The minimum Gasteiger partial charge on any atom is -0.367 e. The predicted octanol–water partition coefficient (Wildman–Crippen LogP) is 3.45. The Morgan fingerprint density at radius 3 is 2.63 bits per heavy atom. The highest BCUT2D eigenvalue weighted by Crippen LogP contribution is 2.32. The molecule has 2 N–H and O–H groups in total. The van der Waals surface area contributed by atoms with Crippen LogP contribution in [0, 0.1) is 18.8 Å². The zero-order chi connectivity index (χ0) is 13.8. The molecule has 4 nitrogen and oxygen atoms in total. The van der Waals surface area contributed by atoms with Crippen LogP contribution in [0.25, 0.3) is 0 Å². The lowest BCUT2D eigenvalue weighted by molar-refractivity contribution is 0.253. The van der Waals surface area contributed by atoms with Crippen molar-refractivity contribution >= 4 is 11.8 Å². The summed E-state index contributed by atoms with van der Waals surface area (Å²) in [5, 5.41) is 6.65. The third kappa shape index (κ3) is 3.58. The van der Waals surface area contributed by atoms with Gasteiger partial charge in [0.25, 0.3) is 0 Å². The number of hydrogen-bond donors (Lipinski definition) is 2. The van der Waals surface area contributed by atoms with Gasteiger partial charge >= 0.3 is 0 Å². The van der Waals surface area contributed by atoms with Crippen LogP contribution < -0.4 is 10.6 Å². The molecule has 0 spiro atoms. The average molecular weight is 262 g/mol. The van der Waals surface area contributed by atoms with E-state index in [2.05, 4.69) is 34.4 Å². The summed E-state index contributed by atoms with van der Waals surface area (Å²) in [6.45, 7) is 6.67. The van der Waals surface area contributed by atoms with Crippen LogP contribution in [0.15, 0.2) is 6.07 Å². The third-order valence-electron chi connectivity index (χ3n) is 4.09. The van der Waals surface area contributed by atoms with Crippen LogP contribution in [0.3, 0.4) is 0 Å². The molecule has 19 heavy (non-hydrogen) atoms. The minimum absolute atomic E-state index is 0.549. The van der Waals surface area contributed by atoms with Crippen molar-refractivity contribution in [2.24, 2.45) is 11.8 Å². The fourth-order valence-electron chi connectivity index (χ4n) is 3.08. The zero-order valence-electron chi connectivity index (χ0n) is 12.5. The third-order valence-corrected chi connectivity index (χ3v) is 4.09. The molecule has 0 radical (unpaired) electrons. The van der Waals surface area contributed by atoms with Gasteiger partial charge in [-0.1, -0.05) is 26.7 Å². The quantitative estimate of drug-likeness (QED) is 0.872. The first-order valence-corrected chi connectivity index (χ1v) is 7.40. The number of aryl methyl sites for hydroxylation is 1. The summed E-state index contributed by atoms with van der Waals surface area (Å²) in [6, 6.07) is 2.58. The van der Waals surface area contributed by atoms with Crippen molar-refractivity contribution < 1.29 is 0 Å². The Morgan fingerprint density at radius 2 is 1.95 bits per heavy atom. The Hall–Kier alpha value is -1.32. The molecule has 2 rings (SSSR count). The summed E-state index contributed by atoms with van der Waals surface area (Å²) in [5.74, 6) is 3.13. The minimum atomic E-state index is 0.549. The zero-order valence-corrected chi connectivity index (χ0v) is 12.5. The molecular formula is C15H26N4. The van der Waals surface area contributed by atoms with E-state index in [1.165, 1.54) is 25.7 Å². The molecule has 0 aliphatic heterocycles. The van der Waals surface area contributed by atoms with Crippen LogP contribution in [0.4, 0.5) is 11.8 Å². The number of anilines is 2. The molecule has 2 unspecified atom stereocenters. The molecule has 2 atom stereocenters. The maximum atomic E-state index is 4.51. The van der Waals surface area contributed by atoms with Gasteiger partial charge in [0.1, 0.15) is 5.82 Å². The van der Waals surface area contributed by atoms with Crippen molar-refractivity contribution in [2.75, 3.05) is 17.7 Å². The van der Waals surface area contributed by atoms with E-state index in [9.17, 15) is 0 Å². The summed E-state index contributed by atoms with van der Waals surface area (Å²) >= 11 is 0. The first-order chi connectivity index (χ1) is 9.10. The molecule has 1 fully saturated rings. The number of nitrogens with zero attached hydrogens (tertiary/aromatic N) is 2. The largest absolute Gasteiger partial charge is 0.367 e. The number of aromatic nitrogens is 2. The van der Waals surface area contributed by atoms with E-state index in [4.69, 9.17) is 0 Å². The number of rotatable bonds is 4. The lowest BCUT2D eigenvalue weighted by Crippen LogP contribution is -2.35. The van der Waals surface area contributed by atoms with Gasteiger partial charge in [0.2, 0.25) is 5.95 Å². The Labute approximate surface area is 116 Å². The van der Waals surface area contributed by atoms with Gasteiger partial charge in [0.05, 0.1) is 0 Å². The second-order valence-electron chi connectivity index (χ2n) is 5.91. The Kier molecular flexibility index (Phi) is 4.61. The van der Waals surface area contributed by atoms with Crippen molar-refractivity contribution in [1.82, 2.24) is 9.97 Å². The molecule has 106 valence electrons. The first kappa shape index (κ1) is 14.1. The van der Waals surface area contributed by atoms with Gasteiger partial charge in [-0.2, -0.15) is 4.98 Å². The highest BCUT2D eigenvalue weighted by Gasteiger charge is 2.27. The molecule has 0 saturated heterocycles. The standard InChI is InChI=1S/C15H26N4/c1-10(2)12-7-5-6-8-13(12)18-14-9-11(3)17-15(16-4)19-14/h9-10,12-13H,5-8H2,1-4H3,(H2,16,17,18,19). The highest BCUT2D eigenvalue weighted by molar-refractivity contribution is 5.42. The number of hydrogen-bond acceptors (Lipinski definition) is 4. The maximum absolute atomic E-state index is 4.51. The first-order valence-electron chi connectivity index (χ1n) is 7.40. The SMILES string of the molecule is CNc1nc(C)cc(NC2CCCCC2C(C)C)n1. The van der Waals surface area contributed by atoms with E-state index in [0.717, 1.165) is 23.3 Å². The van der Waals surface area contributed by atoms with Crippen LogP contribution in [0.2, 0.25) is 0 Å². The topological polar surface area (TPSA) is 49.8 Å². The Morgan fingerprint density at radius 1 is 1.21 bits per heavy atom. The average Bonchev–Trinajstić information content (AvgIpc) is 2.38. The molecular weight excluding hydrogens is 236 g/mol. The molecule has 1 aliphatic rings. The van der Waals surface area contributed by atoms with Crippen molar-refractivity contribution in [3.63, 3.8) is 0 Å². The van der Waals surface area contributed by atoms with Gasteiger partial charge in [-0.25, -0.2) is 4.98 Å². The molecule has 0 amide bonds. The second kappa shape index (κ2) is 6.22. The van der Waals surface area contributed by atoms with Gasteiger partial charge in [0.15, 0.2) is 0 Å². The molecule has 1 aromatic heterocycles. The summed E-state index contributed by atoms with van der Waals surface area (Å²) in [6.07, 6.45) is 5.27. The summed E-state index contributed by atoms with van der Waals surface area (Å²) < 4.78 is 0. The summed E-state index contributed by atoms with van der Waals surface area (Å²) in [5.41, 5.74) is 0.999. The fraction of sp³-hybridized carbons (Fsp3) is 0.733. The van der Waals surface area contributed by atoms with Crippen LogP contribution in [0.1, 0.15) is 45.2 Å². The van der Waals surface area contributed by atoms with Crippen LogP contribution in [-0.4, -0.2) is 23.1 Å². The van der Waals surface area contributed by atoms with Crippen LogP contribution in [0.5, 0.6) is 0 Å². The molecule has 1 aliphatic carbocycles. The molecule has 1 aromatic rings. The highest BCUT2D eigenvalue weighted by atomic mass is 15.1. The Bertz CT molecular complexity index is 417. The predicted molar refractivity (Wildman–Crippen MR) is 80.5 cm³/mol. The molecule has 0 bridgehead atoms. The summed E-state index contributed by atoms with van der Waals surface area (Å²) in [7, 11) is 1.86. The van der Waals surface area contributed by atoms with Gasteiger partial charge < -0.3 is 10.6 Å². The molecule has 1 heterocycles. The molecule has 4 heteroatoms. The van der Waals surface area contributed by atoms with E-state index in [-0.39, 0.29) is 0 Å². The molecule has 1 saturated carbocycles. The number of nitrogens with one attached hydrogen (secondary N) is 2. The normalized spacial score (nSPS) is 23.4. The van der Waals surface area contributed by atoms with Gasteiger partial charge in [0, 0.05) is 24.8 Å². The smallest absolute Gasteiger partial charge is 0.224 e. The lowest BCUT2D eigenvalue weighted by atomic mass is 9.78. The van der Waals surface area contributed by atoms with Gasteiger partial charge in [-0.15, -0.1) is 0 Å². The van der Waals surface area contributed by atoms with Crippen LogP contribution in [-0.2, 0) is 0 Å². The second-order valence-corrected chi connectivity index (χ2v) is 5.91. The van der Waals surface area contributed by atoms with E-state index in [1.807, 2.05) is 20.0 Å². The fourth-order valence-corrected chi connectivity index (χ4v) is 3.08. The van der Waals surface area contributed by atoms with Crippen LogP contribution >= 0.6 is 0 Å². The van der Waals surface area contributed by atoms with E-state index in [1.54, 1.807) is 0 Å². The van der Waals surface area contributed by atoms with Crippen molar-refractivity contribution in [3.05, 3.63) is 11.8 Å². The van der Waals surface area contributed by atoms with Gasteiger partial charge in [-0.3, -0.25) is 0 Å². The van der Waals surface area contributed by atoms with E-state index in [0.29, 0.717) is 12.0 Å².